The fraction of sp³-hybridized carbons (Fsp3) is 0.281. The highest BCUT2D eigenvalue weighted by Crippen LogP contribution is 2.37. The zero-order valence-electron chi connectivity index (χ0n) is 23.6. The summed E-state index contributed by atoms with van der Waals surface area (Å²) in [6.45, 7) is 4.05. The van der Waals surface area contributed by atoms with Crippen LogP contribution >= 0.6 is 0 Å². The Hall–Kier alpha value is -4.47. The Labute approximate surface area is 240 Å². The summed E-state index contributed by atoms with van der Waals surface area (Å²) in [6, 6.07) is 20.0. The van der Waals surface area contributed by atoms with Crippen LogP contribution in [-0.4, -0.2) is 81.4 Å². The third-order valence-corrected chi connectivity index (χ3v) is 7.71. The molecular formula is C32H35N5O4. The van der Waals surface area contributed by atoms with Crippen LogP contribution in [0, 0.1) is 0 Å². The second-order valence-corrected chi connectivity index (χ2v) is 10.5. The molecule has 0 unspecified atom stereocenters. The average molecular weight is 554 g/mol. The van der Waals surface area contributed by atoms with E-state index in [0.717, 1.165) is 48.7 Å². The van der Waals surface area contributed by atoms with Crippen molar-refractivity contribution in [2.24, 2.45) is 0 Å². The third-order valence-electron chi connectivity index (χ3n) is 7.71. The summed E-state index contributed by atoms with van der Waals surface area (Å²) in [5, 5.41) is 3.43. The van der Waals surface area contributed by atoms with Crippen molar-refractivity contribution in [3.05, 3.63) is 89.0 Å². The van der Waals surface area contributed by atoms with Crippen LogP contribution in [0.25, 0.3) is 11.3 Å². The molecule has 0 aromatic heterocycles. The van der Waals surface area contributed by atoms with Crippen LogP contribution in [0.1, 0.15) is 27.0 Å². The molecule has 3 aromatic rings. The molecule has 1 saturated heterocycles. The number of benzene rings is 3. The lowest BCUT2D eigenvalue weighted by Gasteiger charge is -2.32. The number of fused-ring (bicyclic) bond motifs is 1. The van der Waals surface area contributed by atoms with Crippen molar-refractivity contribution in [3.8, 4) is 0 Å². The van der Waals surface area contributed by atoms with Crippen LogP contribution in [-0.2, 0) is 20.7 Å². The number of ether oxygens (including phenoxy) is 1. The first-order valence-corrected chi connectivity index (χ1v) is 13.6. The Kier molecular flexibility index (Phi) is 8.19. The van der Waals surface area contributed by atoms with Gasteiger partial charge in [0.1, 0.15) is 0 Å². The van der Waals surface area contributed by atoms with Gasteiger partial charge in [-0.2, -0.15) is 0 Å². The molecule has 3 N–H and O–H groups in total. The predicted molar refractivity (Wildman–Crippen MR) is 162 cm³/mol. The minimum Gasteiger partial charge on any atom is -0.465 e. The van der Waals surface area contributed by atoms with Gasteiger partial charge in [0.05, 0.1) is 24.9 Å². The van der Waals surface area contributed by atoms with Crippen molar-refractivity contribution in [3.63, 3.8) is 0 Å². The smallest absolute Gasteiger partial charge is 0.337 e. The molecule has 41 heavy (non-hydrogen) atoms. The number of allylic oxidation sites excluding steroid dienone is 1. The first-order chi connectivity index (χ1) is 19.7. The number of nitrogen functional groups attached to an aromatic ring is 1. The number of methoxy groups -OCH3 is 1. The maximum atomic E-state index is 13.4. The summed E-state index contributed by atoms with van der Waals surface area (Å²) in [5.41, 5.74) is 11.9. The van der Waals surface area contributed by atoms with E-state index in [-0.39, 0.29) is 18.1 Å². The Bertz CT molecular complexity index is 1510. The predicted octanol–water partition coefficient (Wildman–Crippen LogP) is 3.37. The van der Waals surface area contributed by atoms with Crippen molar-refractivity contribution in [1.82, 2.24) is 9.80 Å². The molecule has 9 nitrogen and oxygen atoms in total. The molecule has 0 bridgehead atoms. The molecule has 2 aliphatic rings. The van der Waals surface area contributed by atoms with E-state index in [9.17, 15) is 14.4 Å². The van der Waals surface area contributed by atoms with E-state index >= 15 is 0 Å². The number of nitrogens with one attached hydrogen (secondary N) is 1. The van der Waals surface area contributed by atoms with Gasteiger partial charge in [0, 0.05) is 67.8 Å². The van der Waals surface area contributed by atoms with Gasteiger partial charge in [-0.3, -0.25) is 14.5 Å². The normalized spacial score (nSPS) is 16.7. The van der Waals surface area contributed by atoms with Crippen molar-refractivity contribution in [1.29, 1.82) is 0 Å². The molecule has 212 valence electrons. The summed E-state index contributed by atoms with van der Waals surface area (Å²) in [4.78, 5) is 44.7. The van der Waals surface area contributed by atoms with Gasteiger partial charge in [-0.1, -0.05) is 18.2 Å². The molecule has 0 saturated carbocycles. The van der Waals surface area contributed by atoms with Crippen LogP contribution in [0.15, 0.2) is 66.7 Å². The van der Waals surface area contributed by atoms with Gasteiger partial charge >= 0.3 is 5.97 Å². The van der Waals surface area contributed by atoms with Crippen LogP contribution in [0.4, 0.5) is 17.1 Å². The van der Waals surface area contributed by atoms with Crippen molar-refractivity contribution in [2.75, 3.05) is 69.9 Å². The van der Waals surface area contributed by atoms with Crippen molar-refractivity contribution >= 4 is 46.0 Å². The number of carbonyl (C=O) groups is 3. The summed E-state index contributed by atoms with van der Waals surface area (Å²) < 4.78 is 4.90. The number of anilines is 3. The number of ketones is 1. The number of nitrogens with two attached hydrogens (primary N) is 1. The van der Waals surface area contributed by atoms with Crippen molar-refractivity contribution < 1.29 is 19.1 Å². The first kappa shape index (κ1) is 28.1. The van der Waals surface area contributed by atoms with Crippen LogP contribution in [0.2, 0.25) is 0 Å². The number of amides is 1. The Morgan fingerprint density at radius 2 is 1.71 bits per heavy atom. The van der Waals surface area contributed by atoms with Gasteiger partial charge in [-0.15, -0.1) is 0 Å². The monoisotopic (exact) mass is 553 g/mol. The van der Waals surface area contributed by atoms with Gasteiger partial charge in [0.25, 0.3) is 0 Å². The quantitative estimate of drug-likeness (QED) is 0.261. The Morgan fingerprint density at radius 1 is 0.976 bits per heavy atom. The third kappa shape index (κ3) is 6.16. The lowest BCUT2D eigenvalue weighted by atomic mass is 9.98. The molecule has 0 spiro atoms. The van der Waals surface area contributed by atoms with Gasteiger partial charge < -0.3 is 25.6 Å². The zero-order chi connectivity index (χ0) is 29.1. The number of hydrogen-bond acceptors (Lipinski definition) is 8. The molecule has 1 amide bonds. The maximum Gasteiger partial charge on any atom is 0.337 e. The minimum atomic E-state index is -0.466. The number of esters is 1. The summed E-state index contributed by atoms with van der Waals surface area (Å²) >= 11 is 0. The molecule has 0 atom stereocenters. The number of hydrogen-bond donors (Lipinski definition) is 2. The number of piperazine rings is 1. The van der Waals surface area contributed by atoms with E-state index < -0.39 is 5.97 Å². The molecule has 1 heterocycles. The molecule has 1 fully saturated rings. The highest BCUT2D eigenvalue weighted by atomic mass is 16.5. The standard InChI is InChI=1S/C32H35N5O4/c1-35-13-15-37(16-14-35)20-29(39)36(2)26-11-9-25(10-12-26)34-31(22-5-4-6-24(33)17-22)30-27-18-23(32(40)41-3)8-7-21(27)19-28(30)38/h4-12,17-18,34H,13-16,19-20,33H2,1-3H3/b31-30-. The molecular weight excluding hydrogens is 518 g/mol. The fourth-order valence-corrected chi connectivity index (χ4v) is 5.23. The van der Waals surface area contributed by atoms with E-state index in [2.05, 4.69) is 22.2 Å². The number of nitrogens with zero attached hydrogens (tertiary/aromatic N) is 3. The van der Waals surface area contributed by atoms with Crippen LogP contribution in [0.5, 0.6) is 0 Å². The maximum absolute atomic E-state index is 13.4. The fourth-order valence-electron chi connectivity index (χ4n) is 5.23. The highest BCUT2D eigenvalue weighted by molar-refractivity contribution is 6.32. The Morgan fingerprint density at radius 3 is 2.39 bits per heavy atom. The molecule has 3 aromatic carbocycles. The first-order valence-electron chi connectivity index (χ1n) is 13.6. The lowest BCUT2D eigenvalue weighted by molar-refractivity contribution is -0.119. The molecule has 0 radical (unpaired) electrons. The van der Waals surface area contributed by atoms with Crippen LogP contribution in [0.3, 0.4) is 0 Å². The number of carbonyl (C=O) groups excluding carboxylic acids is 3. The van der Waals surface area contributed by atoms with E-state index in [1.165, 1.54) is 7.11 Å². The largest absolute Gasteiger partial charge is 0.465 e. The van der Waals surface area contributed by atoms with Gasteiger partial charge in [-0.25, -0.2) is 4.79 Å². The number of Topliss-reactive ketones (excluding diaryl/α,β-unsaturated/α-hetero) is 1. The average Bonchev–Trinajstić information content (AvgIpc) is 3.31. The number of likely N-dealkylation sites (N-methyl/N-ethyl adjacent to an activating group) is 2. The topological polar surface area (TPSA) is 108 Å². The minimum absolute atomic E-state index is 0.0346. The van der Waals surface area contributed by atoms with E-state index in [1.54, 1.807) is 36.2 Å². The summed E-state index contributed by atoms with van der Waals surface area (Å²) in [5.74, 6) is -0.489. The SMILES string of the molecule is COC(=O)c1ccc2c(c1)/C(=C(/Nc1ccc(N(C)C(=O)CN3CCN(C)CC3)cc1)c1cccc(N)c1)C(=O)C2. The lowest BCUT2D eigenvalue weighted by Crippen LogP contribution is -2.48. The number of rotatable bonds is 7. The Balaban J connectivity index is 1.44. The molecule has 1 aliphatic heterocycles. The van der Waals surface area contributed by atoms with Gasteiger partial charge in [-0.05, 0) is 66.7 Å². The van der Waals surface area contributed by atoms with E-state index in [1.807, 2.05) is 42.5 Å². The summed E-state index contributed by atoms with van der Waals surface area (Å²) in [6.07, 6.45) is 0.235. The van der Waals surface area contributed by atoms with E-state index in [0.29, 0.717) is 34.6 Å². The van der Waals surface area contributed by atoms with Gasteiger partial charge in [0.2, 0.25) is 5.91 Å². The second kappa shape index (κ2) is 12.0. The zero-order valence-corrected chi connectivity index (χ0v) is 23.6. The highest BCUT2D eigenvalue weighted by Gasteiger charge is 2.30. The molecule has 1 aliphatic carbocycles. The molecule has 9 heteroatoms. The van der Waals surface area contributed by atoms with Crippen LogP contribution < -0.4 is 16.0 Å². The summed E-state index contributed by atoms with van der Waals surface area (Å²) in [7, 11) is 5.21. The van der Waals surface area contributed by atoms with Gasteiger partial charge in [0.15, 0.2) is 5.78 Å². The molecule has 5 rings (SSSR count). The second-order valence-electron chi connectivity index (χ2n) is 10.5. The van der Waals surface area contributed by atoms with Crippen molar-refractivity contribution in [2.45, 2.75) is 6.42 Å². The van der Waals surface area contributed by atoms with E-state index in [4.69, 9.17) is 10.5 Å².